The number of fused-ring (bicyclic) bond motifs is 1. The summed E-state index contributed by atoms with van der Waals surface area (Å²) in [5.41, 5.74) is 1.52. The number of methoxy groups -OCH3 is 1. The number of aryl methyl sites for hydroxylation is 1. The van der Waals surface area contributed by atoms with E-state index in [9.17, 15) is 9.59 Å². The molecule has 0 saturated carbocycles. The number of ether oxygens (including phenoxy) is 1. The van der Waals surface area contributed by atoms with Crippen LogP contribution in [0.15, 0.2) is 59.5 Å². The summed E-state index contributed by atoms with van der Waals surface area (Å²) in [6.07, 6.45) is 1.65. The van der Waals surface area contributed by atoms with Crippen molar-refractivity contribution >= 4 is 22.4 Å². The molecular formula is C20H20N2O3. The maximum absolute atomic E-state index is 12.7. The first-order valence-electron chi connectivity index (χ1n) is 8.06. The van der Waals surface area contributed by atoms with Gasteiger partial charge in [-0.2, -0.15) is 0 Å². The molecule has 5 heteroatoms. The molecule has 25 heavy (non-hydrogen) atoms. The molecule has 3 aromatic rings. The Balaban J connectivity index is 1.93. The van der Waals surface area contributed by atoms with E-state index >= 15 is 0 Å². The summed E-state index contributed by atoms with van der Waals surface area (Å²) in [7, 11) is 1.58. The second-order valence-electron chi connectivity index (χ2n) is 5.96. The zero-order valence-electron chi connectivity index (χ0n) is 14.4. The number of hydrogen-bond acceptors (Lipinski definition) is 3. The quantitative estimate of drug-likeness (QED) is 0.793. The summed E-state index contributed by atoms with van der Waals surface area (Å²) in [6, 6.07) is 14.0. The van der Waals surface area contributed by atoms with Crippen molar-refractivity contribution < 1.29 is 9.53 Å². The lowest BCUT2D eigenvalue weighted by Crippen LogP contribution is -2.31. The Labute approximate surface area is 145 Å². The zero-order valence-corrected chi connectivity index (χ0v) is 14.4. The van der Waals surface area contributed by atoms with Crippen LogP contribution in [0, 0.1) is 6.92 Å². The first-order valence-corrected chi connectivity index (χ1v) is 8.06. The van der Waals surface area contributed by atoms with Crippen LogP contribution >= 0.6 is 0 Å². The lowest BCUT2D eigenvalue weighted by atomic mass is 10.1. The monoisotopic (exact) mass is 336 g/mol. The van der Waals surface area contributed by atoms with E-state index < -0.39 is 6.04 Å². The van der Waals surface area contributed by atoms with Crippen LogP contribution in [0.2, 0.25) is 0 Å². The molecule has 5 nitrogen and oxygen atoms in total. The number of aromatic nitrogens is 1. The van der Waals surface area contributed by atoms with E-state index in [2.05, 4.69) is 5.32 Å². The predicted molar refractivity (Wildman–Crippen MR) is 99.3 cm³/mol. The average molecular weight is 336 g/mol. The van der Waals surface area contributed by atoms with Crippen molar-refractivity contribution in [3.8, 4) is 5.75 Å². The largest absolute Gasteiger partial charge is 0.497 e. The molecule has 0 aliphatic heterocycles. The van der Waals surface area contributed by atoms with Gasteiger partial charge in [0.25, 0.3) is 5.56 Å². The second kappa shape index (κ2) is 6.81. The van der Waals surface area contributed by atoms with Crippen LogP contribution in [0.25, 0.3) is 10.8 Å². The molecule has 0 bridgehead atoms. The van der Waals surface area contributed by atoms with Crippen molar-refractivity contribution in [3.05, 3.63) is 70.6 Å². The molecule has 2 aromatic carbocycles. The molecule has 0 radical (unpaired) electrons. The fraction of sp³-hybridized carbons (Fsp3) is 0.200. The zero-order chi connectivity index (χ0) is 18.0. The Morgan fingerprint density at radius 1 is 1.16 bits per heavy atom. The summed E-state index contributed by atoms with van der Waals surface area (Å²) in [4.78, 5) is 25.3. The van der Waals surface area contributed by atoms with Gasteiger partial charge in [0.15, 0.2) is 0 Å². The Morgan fingerprint density at radius 3 is 2.64 bits per heavy atom. The molecule has 0 spiro atoms. The van der Waals surface area contributed by atoms with Gasteiger partial charge in [0.2, 0.25) is 5.91 Å². The molecule has 0 fully saturated rings. The highest BCUT2D eigenvalue weighted by atomic mass is 16.5. The number of anilines is 1. The molecule has 1 aromatic heterocycles. The van der Waals surface area contributed by atoms with E-state index in [0.717, 1.165) is 16.6 Å². The summed E-state index contributed by atoms with van der Waals surface area (Å²) in [6.45, 7) is 3.64. The van der Waals surface area contributed by atoms with Gasteiger partial charge in [-0.3, -0.25) is 9.59 Å². The lowest BCUT2D eigenvalue weighted by Gasteiger charge is -2.17. The maximum atomic E-state index is 12.7. The van der Waals surface area contributed by atoms with Crippen LogP contribution in [0.4, 0.5) is 5.69 Å². The Kier molecular flexibility index (Phi) is 4.57. The molecule has 128 valence electrons. The molecule has 3 rings (SSSR count). The summed E-state index contributed by atoms with van der Waals surface area (Å²) >= 11 is 0. The van der Waals surface area contributed by atoms with Crippen LogP contribution in [-0.2, 0) is 4.79 Å². The van der Waals surface area contributed by atoms with Crippen molar-refractivity contribution in [2.24, 2.45) is 0 Å². The van der Waals surface area contributed by atoms with Gasteiger partial charge in [-0.05, 0) is 55.1 Å². The summed E-state index contributed by atoms with van der Waals surface area (Å²) in [5.74, 6) is 0.458. The van der Waals surface area contributed by atoms with Crippen molar-refractivity contribution in [2.45, 2.75) is 19.9 Å². The normalized spacial score (nSPS) is 12.0. The number of pyridine rings is 1. The first kappa shape index (κ1) is 16.8. The van der Waals surface area contributed by atoms with Crippen molar-refractivity contribution in [2.75, 3.05) is 12.4 Å². The number of benzene rings is 2. The lowest BCUT2D eigenvalue weighted by molar-refractivity contribution is -0.118. The van der Waals surface area contributed by atoms with Gasteiger partial charge in [-0.1, -0.05) is 18.2 Å². The Morgan fingerprint density at radius 2 is 1.92 bits per heavy atom. The number of carbonyl (C=O) groups is 1. The number of hydrogen-bond donors (Lipinski definition) is 1. The van der Waals surface area contributed by atoms with E-state index in [1.165, 1.54) is 4.57 Å². The molecule has 1 heterocycles. The Bertz CT molecular complexity index is 992. The van der Waals surface area contributed by atoms with Gasteiger partial charge in [0.05, 0.1) is 7.11 Å². The topological polar surface area (TPSA) is 60.3 Å². The third kappa shape index (κ3) is 3.26. The highest BCUT2D eigenvalue weighted by Gasteiger charge is 2.18. The molecule has 1 atom stereocenters. The number of amides is 1. The third-order valence-electron chi connectivity index (χ3n) is 4.34. The molecule has 0 aliphatic rings. The van der Waals surface area contributed by atoms with Crippen LogP contribution < -0.4 is 15.6 Å². The molecule has 1 N–H and O–H groups in total. The fourth-order valence-corrected chi connectivity index (χ4v) is 2.75. The van der Waals surface area contributed by atoms with E-state index in [1.54, 1.807) is 38.4 Å². The highest BCUT2D eigenvalue weighted by molar-refractivity contribution is 5.94. The van der Waals surface area contributed by atoms with Gasteiger partial charge >= 0.3 is 0 Å². The number of nitrogens with one attached hydrogen (secondary N) is 1. The fourth-order valence-electron chi connectivity index (χ4n) is 2.75. The van der Waals surface area contributed by atoms with Crippen LogP contribution in [-0.4, -0.2) is 17.6 Å². The van der Waals surface area contributed by atoms with Crippen molar-refractivity contribution in [1.82, 2.24) is 4.57 Å². The first-order chi connectivity index (χ1) is 12.0. The number of nitrogens with zero attached hydrogens (tertiary/aromatic N) is 1. The number of para-hydroxylation sites is 1. The van der Waals surface area contributed by atoms with Crippen LogP contribution in [0.5, 0.6) is 5.75 Å². The summed E-state index contributed by atoms with van der Waals surface area (Å²) < 4.78 is 6.63. The van der Waals surface area contributed by atoms with Crippen molar-refractivity contribution in [3.63, 3.8) is 0 Å². The van der Waals surface area contributed by atoms with Gasteiger partial charge in [0, 0.05) is 17.3 Å². The third-order valence-corrected chi connectivity index (χ3v) is 4.34. The van der Waals surface area contributed by atoms with Gasteiger partial charge in [-0.25, -0.2) is 0 Å². The maximum Gasteiger partial charge on any atom is 0.259 e. The van der Waals surface area contributed by atoms with E-state index in [1.807, 2.05) is 37.3 Å². The molecule has 1 unspecified atom stereocenters. The smallest absolute Gasteiger partial charge is 0.259 e. The molecule has 1 amide bonds. The predicted octanol–water partition coefficient (Wildman–Crippen LogP) is 3.52. The van der Waals surface area contributed by atoms with Gasteiger partial charge in [-0.15, -0.1) is 0 Å². The number of carbonyl (C=O) groups excluding carboxylic acids is 1. The Hall–Kier alpha value is -3.08. The SMILES string of the molecule is COc1ccc2c(=O)n(C(C)C(=O)Nc3ccccc3C)ccc2c1. The summed E-state index contributed by atoms with van der Waals surface area (Å²) in [5, 5.41) is 4.22. The van der Waals surface area contributed by atoms with E-state index in [0.29, 0.717) is 11.1 Å². The minimum absolute atomic E-state index is 0.201. The van der Waals surface area contributed by atoms with Crippen LogP contribution in [0.1, 0.15) is 18.5 Å². The molecule has 0 saturated heterocycles. The van der Waals surface area contributed by atoms with E-state index in [4.69, 9.17) is 4.74 Å². The number of rotatable bonds is 4. The minimum Gasteiger partial charge on any atom is -0.497 e. The second-order valence-corrected chi connectivity index (χ2v) is 5.96. The minimum atomic E-state index is -0.626. The van der Waals surface area contributed by atoms with Gasteiger partial charge in [0.1, 0.15) is 11.8 Å². The standard InChI is InChI=1S/C20H20N2O3/c1-13-6-4-5-7-18(13)21-19(23)14(2)22-11-10-15-12-16(25-3)8-9-17(15)20(22)24/h4-12,14H,1-3H3,(H,21,23). The van der Waals surface area contributed by atoms with E-state index in [-0.39, 0.29) is 11.5 Å². The molecular weight excluding hydrogens is 316 g/mol. The highest BCUT2D eigenvalue weighted by Crippen LogP contribution is 2.20. The van der Waals surface area contributed by atoms with Gasteiger partial charge < -0.3 is 14.6 Å². The average Bonchev–Trinajstić information content (AvgIpc) is 2.63. The van der Waals surface area contributed by atoms with Crippen LogP contribution in [0.3, 0.4) is 0 Å². The van der Waals surface area contributed by atoms with Crippen molar-refractivity contribution in [1.29, 1.82) is 0 Å². The molecule has 0 aliphatic carbocycles.